The molecule has 1 rings (SSSR count). The molecule has 0 aromatic heterocycles. The molecule has 0 aromatic carbocycles. The average Bonchev–Trinajstić information content (AvgIpc) is 2.76. The summed E-state index contributed by atoms with van der Waals surface area (Å²) < 4.78 is 0. The van der Waals surface area contributed by atoms with E-state index in [0.717, 1.165) is 6.42 Å². The van der Waals surface area contributed by atoms with E-state index < -0.39 is 0 Å². The molecule has 0 spiro atoms. The van der Waals surface area contributed by atoms with E-state index in [1.54, 1.807) is 0 Å². The van der Waals surface area contributed by atoms with Gasteiger partial charge in [0.05, 0.1) is 0 Å². The van der Waals surface area contributed by atoms with Crippen LogP contribution in [0.15, 0.2) is 12.2 Å². The zero-order valence-corrected chi connectivity index (χ0v) is 18.3. The summed E-state index contributed by atoms with van der Waals surface area (Å²) in [6, 6.07) is 0.554. The Morgan fingerprint density at radius 2 is 1.85 bits per heavy atom. The molecule has 0 heterocycles. The molecule has 1 aliphatic rings. The van der Waals surface area contributed by atoms with Crippen LogP contribution in [0.25, 0.3) is 5.32 Å². The molecule has 3 heteroatoms. The van der Waals surface area contributed by atoms with E-state index in [-0.39, 0.29) is 51.4 Å². The van der Waals surface area contributed by atoms with Gasteiger partial charge in [0, 0.05) is 0 Å². The maximum atomic E-state index is 4.89. The zero-order valence-electron chi connectivity index (χ0n) is 15.2. The van der Waals surface area contributed by atoms with Crippen molar-refractivity contribution in [3.05, 3.63) is 17.5 Å². The predicted molar refractivity (Wildman–Crippen MR) is 89.8 cm³/mol. The van der Waals surface area contributed by atoms with Gasteiger partial charge in [0.2, 0.25) is 0 Å². The molecule has 0 radical (unpaired) electrons. The van der Waals surface area contributed by atoms with Crippen molar-refractivity contribution < 1.29 is 51.4 Å². The summed E-state index contributed by atoms with van der Waals surface area (Å²) in [6.45, 7) is 10.2. The molecule has 116 valence electrons. The summed E-state index contributed by atoms with van der Waals surface area (Å²) in [5, 5.41) is 8.20. The summed E-state index contributed by atoms with van der Waals surface area (Å²) in [6.07, 6.45) is 13.6. The van der Waals surface area contributed by atoms with Gasteiger partial charge in [-0.2, -0.15) is 0 Å². The minimum atomic E-state index is 0. The summed E-state index contributed by atoms with van der Waals surface area (Å²) in [7, 11) is 2.02. The maximum Gasteiger partial charge on any atom is 1.00 e. The third-order valence-electron chi connectivity index (χ3n) is 3.04. The van der Waals surface area contributed by atoms with Crippen molar-refractivity contribution in [3.8, 4) is 0 Å². The zero-order chi connectivity index (χ0) is 14.9. The Morgan fingerprint density at radius 3 is 2.40 bits per heavy atom. The van der Waals surface area contributed by atoms with Gasteiger partial charge in [0.25, 0.3) is 0 Å². The maximum absolute atomic E-state index is 4.89. The second kappa shape index (κ2) is 22.6. The Labute approximate surface area is 171 Å². The first-order valence-corrected chi connectivity index (χ1v) is 8.39. The average molecular weight is 309 g/mol. The smallest absolute Gasteiger partial charge is 0.644 e. The number of hydrogen-bond donors (Lipinski definition) is 1. The summed E-state index contributed by atoms with van der Waals surface area (Å²) in [5.41, 5.74) is 0. The van der Waals surface area contributed by atoms with Crippen LogP contribution in [0, 0.1) is 0 Å². The number of allylic oxidation sites excluding steroid dienone is 1. The number of unbranched alkanes of at least 4 members (excludes halogenated alkanes) is 1. The van der Waals surface area contributed by atoms with Crippen LogP contribution in [0.5, 0.6) is 0 Å². The van der Waals surface area contributed by atoms with Crippen LogP contribution in [0.2, 0.25) is 0 Å². The van der Waals surface area contributed by atoms with E-state index in [2.05, 4.69) is 24.4 Å². The molecular formula is C17H37KN2. The molecule has 0 fully saturated rings. The molecule has 2 nitrogen and oxygen atoms in total. The SMILES string of the molecule is CC.CC.CCCCC([N-]C1CC=CCCC1)NC.[K+]. The van der Waals surface area contributed by atoms with Crippen molar-refractivity contribution in [2.45, 2.75) is 91.8 Å². The molecule has 20 heavy (non-hydrogen) atoms. The van der Waals surface area contributed by atoms with Gasteiger partial charge >= 0.3 is 51.4 Å². The number of nitrogens with zero attached hydrogens (tertiary/aromatic N) is 1. The van der Waals surface area contributed by atoms with Gasteiger partial charge in [0.15, 0.2) is 0 Å². The number of hydrogen-bond acceptors (Lipinski definition) is 1. The van der Waals surface area contributed by atoms with E-state index in [4.69, 9.17) is 5.32 Å². The van der Waals surface area contributed by atoms with Gasteiger partial charge in [-0.3, -0.25) is 0 Å². The standard InChI is InChI=1S/C13H25N2.2C2H6.K/c1-3-4-11-13(14-2)15-12-9-7-5-6-8-10-12;2*1-2;/h5,7,12-14H,3-4,6,8-11H2,1-2H3;2*1-2H3;/q-1;;;+1. The number of rotatable bonds is 6. The van der Waals surface area contributed by atoms with Crippen LogP contribution in [0.3, 0.4) is 0 Å². The quantitative estimate of drug-likeness (QED) is 0.592. The second-order valence-electron chi connectivity index (χ2n) is 4.39. The second-order valence-corrected chi connectivity index (χ2v) is 4.39. The van der Waals surface area contributed by atoms with E-state index in [0.29, 0.717) is 12.2 Å². The molecule has 2 atom stereocenters. The molecule has 0 saturated heterocycles. The third-order valence-corrected chi connectivity index (χ3v) is 3.04. The van der Waals surface area contributed by atoms with Gasteiger partial charge in [-0.1, -0.05) is 91.5 Å². The van der Waals surface area contributed by atoms with Gasteiger partial charge < -0.3 is 10.6 Å². The fourth-order valence-electron chi connectivity index (χ4n) is 2.04. The van der Waals surface area contributed by atoms with Gasteiger partial charge in [-0.25, -0.2) is 0 Å². The van der Waals surface area contributed by atoms with Gasteiger partial charge in [-0.15, -0.1) is 6.04 Å². The largest absolute Gasteiger partial charge is 1.00 e. The molecule has 1 N–H and O–H groups in total. The van der Waals surface area contributed by atoms with Crippen molar-refractivity contribution in [1.29, 1.82) is 0 Å². The minimum Gasteiger partial charge on any atom is -0.644 e. The summed E-state index contributed by atoms with van der Waals surface area (Å²) >= 11 is 0. The fourth-order valence-corrected chi connectivity index (χ4v) is 2.04. The van der Waals surface area contributed by atoms with Crippen LogP contribution in [0.4, 0.5) is 0 Å². The van der Waals surface area contributed by atoms with Crippen LogP contribution in [0.1, 0.15) is 79.6 Å². The Morgan fingerprint density at radius 1 is 1.20 bits per heavy atom. The molecular weight excluding hydrogens is 271 g/mol. The first-order valence-electron chi connectivity index (χ1n) is 8.39. The molecule has 0 saturated carbocycles. The fraction of sp³-hybridized carbons (Fsp3) is 0.882. The van der Waals surface area contributed by atoms with E-state index >= 15 is 0 Å². The Balaban J connectivity index is -0.000000529. The predicted octanol–water partition coefficient (Wildman–Crippen LogP) is 2.65. The third kappa shape index (κ3) is 15.7. The molecule has 0 amide bonds. The van der Waals surface area contributed by atoms with Crippen LogP contribution < -0.4 is 56.7 Å². The molecule has 0 aromatic rings. The van der Waals surface area contributed by atoms with Crippen molar-refractivity contribution >= 4 is 0 Å². The van der Waals surface area contributed by atoms with E-state index in [1.807, 2.05) is 34.7 Å². The van der Waals surface area contributed by atoms with E-state index in [9.17, 15) is 0 Å². The molecule has 0 bridgehead atoms. The van der Waals surface area contributed by atoms with Crippen molar-refractivity contribution in [2.75, 3.05) is 7.05 Å². The van der Waals surface area contributed by atoms with Crippen LogP contribution in [-0.4, -0.2) is 19.3 Å². The summed E-state index contributed by atoms with van der Waals surface area (Å²) in [5.74, 6) is 0. The Bertz CT molecular complexity index is 184. The molecule has 0 aliphatic heterocycles. The molecule has 2 unspecified atom stereocenters. The van der Waals surface area contributed by atoms with Crippen LogP contribution in [-0.2, 0) is 0 Å². The topological polar surface area (TPSA) is 26.1 Å². The van der Waals surface area contributed by atoms with Crippen molar-refractivity contribution in [3.63, 3.8) is 0 Å². The Kier molecular flexibility index (Phi) is 29.6. The Hall–Kier alpha value is 1.30. The normalized spacial score (nSPS) is 18.4. The van der Waals surface area contributed by atoms with Crippen molar-refractivity contribution in [1.82, 2.24) is 5.32 Å². The van der Waals surface area contributed by atoms with Crippen LogP contribution >= 0.6 is 0 Å². The van der Waals surface area contributed by atoms with Crippen molar-refractivity contribution in [2.24, 2.45) is 0 Å². The van der Waals surface area contributed by atoms with E-state index in [1.165, 1.54) is 38.5 Å². The monoisotopic (exact) mass is 308 g/mol. The van der Waals surface area contributed by atoms with Gasteiger partial charge in [0.1, 0.15) is 0 Å². The molecule has 1 aliphatic carbocycles. The number of nitrogens with one attached hydrogen (secondary N) is 1. The summed E-state index contributed by atoms with van der Waals surface area (Å²) in [4.78, 5) is 0. The van der Waals surface area contributed by atoms with Gasteiger partial charge in [-0.05, 0) is 13.5 Å². The first-order chi connectivity index (χ1) is 9.36. The minimum absolute atomic E-state index is 0. The first kappa shape index (κ1) is 26.2.